The Labute approximate surface area is 136 Å². The Bertz CT molecular complexity index is 523. The van der Waals surface area contributed by atoms with Crippen LogP contribution >= 0.6 is 0 Å². The number of imidazole rings is 1. The Morgan fingerprint density at radius 2 is 1.65 bits per heavy atom. The molecule has 7 nitrogen and oxygen atoms in total. The van der Waals surface area contributed by atoms with E-state index in [1.165, 1.54) is 0 Å². The molecule has 0 spiro atoms. The molecule has 1 aromatic heterocycles. The van der Waals surface area contributed by atoms with Crippen molar-refractivity contribution < 1.29 is 19.1 Å². The number of imide groups is 1. The second-order valence-corrected chi connectivity index (χ2v) is 6.98. The van der Waals surface area contributed by atoms with Crippen LogP contribution in [0.1, 0.15) is 47.2 Å². The van der Waals surface area contributed by atoms with Crippen molar-refractivity contribution in [3.63, 3.8) is 0 Å². The first-order valence-electron chi connectivity index (χ1n) is 7.36. The molecular formula is C16H25N3O4. The summed E-state index contributed by atoms with van der Waals surface area (Å²) < 4.78 is 10.5. The Balaban J connectivity index is 2.83. The highest BCUT2D eigenvalue weighted by Gasteiger charge is 2.30. The zero-order chi connectivity index (χ0) is 17.7. The van der Waals surface area contributed by atoms with Crippen molar-refractivity contribution in [3.8, 4) is 0 Å². The van der Waals surface area contributed by atoms with Crippen molar-refractivity contribution in [1.82, 2.24) is 14.9 Å². The summed E-state index contributed by atoms with van der Waals surface area (Å²) in [6.45, 7) is 10.4. The second kappa shape index (κ2) is 7.30. The molecule has 0 fully saturated rings. The van der Waals surface area contributed by atoms with Gasteiger partial charge >= 0.3 is 12.2 Å². The molecule has 0 atom stereocenters. The molecule has 1 heterocycles. The van der Waals surface area contributed by atoms with Crippen molar-refractivity contribution in [2.24, 2.45) is 0 Å². The number of carbonyl (C=O) groups is 2. The first-order chi connectivity index (χ1) is 10.5. The number of aromatic amines is 1. The maximum Gasteiger partial charge on any atom is 0.420 e. The number of aromatic nitrogens is 2. The molecule has 0 saturated heterocycles. The molecule has 2 amide bonds. The van der Waals surface area contributed by atoms with Gasteiger partial charge in [-0.05, 0) is 47.6 Å². The number of carbonyl (C=O) groups excluding carboxylic acids is 2. The highest BCUT2D eigenvalue weighted by molar-refractivity contribution is 5.88. The van der Waals surface area contributed by atoms with Crippen LogP contribution in [-0.2, 0) is 9.47 Å². The van der Waals surface area contributed by atoms with Crippen LogP contribution in [0.5, 0.6) is 0 Å². The lowest BCUT2D eigenvalue weighted by Gasteiger charge is -2.28. The van der Waals surface area contributed by atoms with Gasteiger partial charge in [0.2, 0.25) is 0 Å². The fraction of sp³-hybridized carbons (Fsp3) is 0.562. The summed E-state index contributed by atoms with van der Waals surface area (Å²) in [5, 5.41) is 0. The van der Waals surface area contributed by atoms with Gasteiger partial charge in [0, 0.05) is 0 Å². The summed E-state index contributed by atoms with van der Waals surface area (Å²) in [6.07, 6.45) is 5.04. The molecule has 1 N–H and O–H groups in total. The second-order valence-electron chi connectivity index (χ2n) is 6.98. The predicted molar refractivity (Wildman–Crippen MR) is 86.8 cm³/mol. The van der Waals surface area contributed by atoms with E-state index in [0.29, 0.717) is 0 Å². The van der Waals surface area contributed by atoms with Gasteiger partial charge in [-0.15, -0.1) is 0 Å². The predicted octanol–water partition coefficient (Wildman–Crippen LogP) is 3.60. The third-order valence-electron chi connectivity index (χ3n) is 2.33. The van der Waals surface area contributed by atoms with Gasteiger partial charge in [-0.3, -0.25) is 0 Å². The summed E-state index contributed by atoms with van der Waals surface area (Å²) in [5.74, 6) is 0. The molecular weight excluding hydrogens is 298 g/mol. The topological polar surface area (TPSA) is 84.5 Å². The van der Waals surface area contributed by atoms with Crippen LogP contribution in [0.4, 0.5) is 9.59 Å². The van der Waals surface area contributed by atoms with Crippen LogP contribution in [0.25, 0.3) is 6.08 Å². The van der Waals surface area contributed by atoms with Crippen molar-refractivity contribution in [3.05, 3.63) is 24.3 Å². The number of H-pyrrole nitrogens is 1. The molecule has 1 rings (SSSR count). The summed E-state index contributed by atoms with van der Waals surface area (Å²) in [4.78, 5) is 32.2. The number of rotatable bonds is 3. The number of nitrogens with one attached hydrogen (secondary N) is 1. The quantitative estimate of drug-likeness (QED) is 0.918. The fourth-order valence-electron chi connectivity index (χ4n) is 1.50. The summed E-state index contributed by atoms with van der Waals surface area (Å²) in [7, 11) is 0. The highest BCUT2D eigenvalue weighted by atomic mass is 16.6. The summed E-state index contributed by atoms with van der Waals surface area (Å²) in [6, 6.07) is 0. The Kier molecular flexibility index (Phi) is 5.95. The smallest absolute Gasteiger partial charge is 0.420 e. The average Bonchev–Trinajstić information content (AvgIpc) is 2.82. The van der Waals surface area contributed by atoms with Gasteiger partial charge in [-0.25, -0.2) is 19.5 Å². The largest absolute Gasteiger partial charge is 0.443 e. The molecule has 0 radical (unpaired) electrons. The van der Waals surface area contributed by atoms with E-state index < -0.39 is 23.4 Å². The zero-order valence-electron chi connectivity index (χ0n) is 14.5. The van der Waals surface area contributed by atoms with E-state index >= 15 is 0 Å². The maximum absolute atomic E-state index is 12.2. The zero-order valence-corrected chi connectivity index (χ0v) is 14.5. The standard InChI is InChI=1S/C16H25N3O4/c1-15(2,3)22-13(20)19(14(21)23-16(4,5)6)9-7-8-12-10-17-11-18-12/h7-8,10-11H,9H2,1-6H3,(H,17,18)/b8-7+. The minimum Gasteiger partial charge on any atom is -0.443 e. The van der Waals surface area contributed by atoms with Crippen molar-refractivity contribution in [2.75, 3.05) is 6.54 Å². The molecule has 0 unspecified atom stereocenters. The molecule has 0 bridgehead atoms. The lowest BCUT2D eigenvalue weighted by Crippen LogP contribution is -2.43. The van der Waals surface area contributed by atoms with Crippen molar-refractivity contribution >= 4 is 18.3 Å². The molecule has 128 valence electrons. The lowest BCUT2D eigenvalue weighted by atomic mass is 10.2. The molecule has 1 aromatic rings. The Morgan fingerprint density at radius 3 is 2.04 bits per heavy atom. The van der Waals surface area contributed by atoms with Gasteiger partial charge in [0.1, 0.15) is 11.2 Å². The summed E-state index contributed by atoms with van der Waals surface area (Å²) >= 11 is 0. The first kappa shape index (κ1) is 18.7. The molecule has 7 heteroatoms. The molecule has 0 aliphatic heterocycles. The maximum atomic E-state index is 12.2. The summed E-state index contributed by atoms with van der Waals surface area (Å²) in [5.41, 5.74) is -0.646. The number of amides is 2. The Morgan fingerprint density at radius 1 is 1.13 bits per heavy atom. The highest BCUT2D eigenvalue weighted by Crippen LogP contribution is 2.14. The van der Waals surface area contributed by atoms with Gasteiger partial charge < -0.3 is 14.5 Å². The third kappa shape index (κ3) is 7.49. The fourth-order valence-corrected chi connectivity index (χ4v) is 1.50. The number of nitrogens with zero attached hydrogens (tertiary/aromatic N) is 2. The number of ether oxygens (including phenoxy) is 2. The third-order valence-corrected chi connectivity index (χ3v) is 2.33. The van der Waals surface area contributed by atoms with Crippen molar-refractivity contribution in [2.45, 2.75) is 52.7 Å². The van der Waals surface area contributed by atoms with Crippen LogP contribution in [0.2, 0.25) is 0 Å². The van der Waals surface area contributed by atoms with Gasteiger partial charge in [0.15, 0.2) is 0 Å². The molecule has 0 aromatic carbocycles. The molecule has 0 aliphatic rings. The first-order valence-corrected chi connectivity index (χ1v) is 7.36. The van der Waals surface area contributed by atoms with Gasteiger partial charge in [-0.1, -0.05) is 6.08 Å². The minimum absolute atomic E-state index is 0.0306. The van der Waals surface area contributed by atoms with E-state index in [2.05, 4.69) is 9.97 Å². The van der Waals surface area contributed by atoms with Crippen LogP contribution in [0.3, 0.4) is 0 Å². The monoisotopic (exact) mass is 323 g/mol. The van der Waals surface area contributed by atoms with E-state index in [9.17, 15) is 9.59 Å². The normalized spacial score (nSPS) is 12.3. The molecule has 0 saturated carbocycles. The van der Waals surface area contributed by atoms with Crippen molar-refractivity contribution in [1.29, 1.82) is 0 Å². The van der Waals surface area contributed by atoms with Crippen LogP contribution in [0.15, 0.2) is 18.6 Å². The number of hydrogen-bond donors (Lipinski definition) is 1. The Hall–Kier alpha value is -2.31. The molecule has 0 aliphatic carbocycles. The van der Waals surface area contributed by atoms with Crippen LogP contribution < -0.4 is 0 Å². The van der Waals surface area contributed by atoms with Gasteiger partial charge in [0.05, 0.1) is 24.8 Å². The van der Waals surface area contributed by atoms with E-state index in [1.54, 1.807) is 66.2 Å². The van der Waals surface area contributed by atoms with E-state index in [-0.39, 0.29) is 6.54 Å². The van der Waals surface area contributed by atoms with Crippen LogP contribution in [-0.4, -0.2) is 44.8 Å². The average molecular weight is 323 g/mol. The van der Waals surface area contributed by atoms with E-state index in [1.807, 2.05) is 0 Å². The molecule has 23 heavy (non-hydrogen) atoms. The van der Waals surface area contributed by atoms with E-state index in [0.717, 1.165) is 10.6 Å². The number of hydrogen-bond acceptors (Lipinski definition) is 5. The lowest BCUT2D eigenvalue weighted by molar-refractivity contribution is 0.00377. The van der Waals surface area contributed by atoms with Gasteiger partial charge in [-0.2, -0.15) is 0 Å². The van der Waals surface area contributed by atoms with E-state index in [4.69, 9.17) is 9.47 Å². The van der Waals surface area contributed by atoms with Crippen LogP contribution in [0, 0.1) is 0 Å². The minimum atomic E-state index is -0.749. The van der Waals surface area contributed by atoms with Gasteiger partial charge in [0.25, 0.3) is 0 Å². The SMILES string of the molecule is CC(C)(C)OC(=O)N(C/C=C/c1cnc[nH]1)C(=O)OC(C)(C)C.